The molecule has 7 nitrogen and oxygen atoms in total. The lowest BCUT2D eigenvalue weighted by Gasteiger charge is -2.31. The van der Waals surface area contributed by atoms with E-state index in [0.29, 0.717) is 17.1 Å². The number of benzene rings is 1. The first-order chi connectivity index (χ1) is 13.6. The van der Waals surface area contributed by atoms with Crippen LogP contribution in [0.4, 0.5) is 5.82 Å². The van der Waals surface area contributed by atoms with Gasteiger partial charge in [0.2, 0.25) is 0 Å². The number of aryl methyl sites for hydroxylation is 1. The van der Waals surface area contributed by atoms with E-state index >= 15 is 0 Å². The van der Waals surface area contributed by atoms with Crippen LogP contribution in [0.15, 0.2) is 29.5 Å². The van der Waals surface area contributed by atoms with Gasteiger partial charge in [0.15, 0.2) is 11.5 Å². The zero-order valence-electron chi connectivity index (χ0n) is 18.3. The van der Waals surface area contributed by atoms with Gasteiger partial charge in [0.1, 0.15) is 5.82 Å². The van der Waals surface area contributed by atoms with E-state index in [4.69, 9.17) is 19.3 Å². The number of nitrogens with one attached hydrogen (secondary N) is 1. The topological polar surface area (TPSA) is 74.6 Å². The number of rotatable bonds is 4. The lowest BCUT2D eigenvalue weighted by molar-refractivity contribution is -0.136. The predicted octanol–water partition coefficient (Wildman–Crippen LogP) is 3.74. The average molecular weight is 399 g/mol. The zero-order chi connectivity index (χ0) is 21.5. The van der Waals surface area contributed by atoms with Crippen LogP contribution in [0.1, 0.15) is 50.4 Å². The molecule has 0 saturated carbocycles. The maximum Gasteiger partial charge on any atom is 0.336 e. The molecular formula is C22H29N3O4. The summed E-state index contributed by atoms with van der Waals surface area (Å²) in [6, 6.07) is 5.69. The van der Waals surface area contributed by atoms with Gasteiger partial charge in [0, 0.05) is 29.3 Å². The fourth-order valence-electron chi connectivity index (χ4n) is 3.95. The zero-order valence-corrected chi connectivity index (χ0v) is 18.3. The number of anilines is 1. The first kappa shape index (κ1) is 20.8. The number of ether oxygens (including phenoxy) is 3. The minimum absolute atomic E-state index is 0.232. The third kappa shape index (κ3) is 3.34. The maximum absolute atomic E-state index is 12.9. The molecule has 1 N–H and O–H groups in total. The number of esters is 1. The highest BCUT2D eigenvalue weighted by Gasteiger charge is 2.41. The van der Waals surface area contributed by atoms with Crippen LogP contribution >= 0.6 is 0 Å². The Bertz CT molecular complexity index is 983. The molecule has 1 aliphatic rings. The van der Waals surface area contributed by atoms with Crippen LogP contribution in [0.2, 0.25) is 0 Å². The molecule has 1 atom stereocenters. The van der Waals surface area contributed by atoms with Crippen LogP contribution in [0.25, 0.3) is 0 Å². The Morgan fingerprint density at radius 2 is 1.86 bits per heavy atom. The number of fused-ring (bicyclic) bond motifs is 1. The Morgan fingerprint density at radius 1 is 1.17 bits per heavy atom. The summed E-state index contributed by atoms with van der Waals surface area (Å²) in [6.45, 7) is 8.20. The van der Waals surface area contributed by atoms with Crippen LogP contribution in [0.5, 0.6) is 11.5 Å². The first-order valence-electron chi connectivity index (χ1n) is 9.50. The number of nitrogens with zero attached hydrogens (tertiary/aromatic N) is 2. The molecule has 7 heteroatoms. The van der Waals surface area contributed by atoms with E-state index < -0.39 is 5.92 Å². The van der Waals surface area contributed by atoms with Crippen molar-refractivity contribution in [2.75, 3.05) is 26.6 Å². The maximum atomic E-state index is 12.9. The van der Waals surface area contributed by atoms with E-state index in [1.807, 2.05) is 36.9 Å². The summed E-state index contributed by atoms with van der Waals surface area (Å²) in [5.74, 6) is 1.25. The van der Waals surface area contributed by atoms with Crippen molar-refractivity contribution in [3.05, 3.63) is 46.3 Å². The van der Waals surface area contributed by atoms with Gasteiger partial charge in [-0.1, -0.05) is 32.9 Å². The number of methoxy groups -OCH3 is 3. The summed E-state index contributed by atoms with van der Waals surface area (Å²) in [5, 5.41) is 8.15. The molecule has 29 heavy (non-hydrogen) atoms. The Balaban J connectivity index is 2.41. The molecule has 0 fully saturated rings. The van der Waals surface area contributed by atoms with E-state index in [2.05, 4.69) is 26.1 Å². The Morgan fingerprint density at radius 3 is 2.41 bits per heavy atom. The molecule has 0 radical (unpaired) electrons. The van der Waals surface area contributed by atoms with Crippen molar-refractivity contribution in [3.63, 3.8) is 0 Å². The highest BCUT2D eigenvalue weighted by Crippen LogP contribution is 2.50. The fraction of sp³-hybridized carbons (Fsp3) is 0.455. The van der Waals surface area contributed by atoms with Gasteiger partial charge in [-0.05, 0) is 13.0 Å². The van der Waals surface area contributed by atoms with Crippen LogP contribution in [-0.4, -0.2) is 37.1 Å². The van der Waals surface area contributed by atoms with Crippen molar-refractivity contribution in [2.45, 2.75) is 39.0 Å². The van der Waals surface area contributed by atoms with Gasteiger partial charge in [-0.2, -0.15) is 5.10 Å². The molecule has 1 aliphatic heterocycles. The van der Waals surface area contributed by atoms with E-state index in [9.17, 15) is 4.79 Å². The van der Waals surface area contributed by atoms with Crippen molar-refractivity contribution in [2.24, 2.45) is 7.05 Å². The molecule has 1 aromatic heterocycles. The lowest BCUT2D eigenvalue weighted by atomic mass is 9.76. The second kappa shape index (κ2) is 7.46. The molecule has 0 bridgehead atoms. The minimum atomic E-state index is -0.410. The molecule has 0 spiro atoms. The van der Waals surface area contributed by atoms with Gasteiger partial charge in [0.05, 0.1) is 38.5 Å². The second-order valence-electron chi connectivity index (χ2n) is 8.16. The van der Waals surface area contributed by atoms with E-state index in [0.717, 1.165) is 28.3 Å². The van der Waals surface area contributed by atoms with Crippen LogP contribution in [-0.2, 0) is 22.0 Å². The first-order valence-corrected chi connectivity index (χ1v) is 9.50. The summed E-state index contributed by atoms with van der Waals surface area (Å²) in [6.07, 6.45) is 0. The third-order valence-corrected chi connectivity index (χ3v) is 5.23. The molecule has 0 aliphatic carbocycles. The Kier molecular flexibility index (Phi) is 5.34. The van der Waals surface area contributed by atoms with Gasteiger partial charge in [0.25, 0.3) is 0 Å². The molecule has 0 amide bonds. The summed E-state index contributed by atoms with van der Waals surface area (Å²) in [5.41, 5.74) is 3.70. The van der Waals surface area contributed by atoms with Crippen molar-refractivity contribution < 1.29 is 19.0 Å². The van der Waals surface area contributed by atoms with E-state index in [1.165, 1.54) is 7.11 Å². The summed E-state index contributed by atoms with van der Waals surface area (Å²) >= 11 is 0. The number of para-hydroxylation sites is 1. The Labute approximate surface area is 171 Å². The monoisotopic (exact) mass is 399 g/mol. The van der Waals surface area contributed by atoms with Crippen LogP contribution < -0.4 is 14.8 Å². The number of carbonyl (C=O) groups is 1. The second-order valence-corrected chi connectivity index (χ2v) is 8.16. The number of aromatic nitrogens is 2. The lowest BCUT2D eigenvalue weighted by Crippen LogP contribution is -2.26. The smallest absolute Gasteiger partial charge is 0.336 e. The predicted molar refractivity (Wildman–Crippen MR) is 112 cm³/mol. The molecule has 156 valence electrons. The quantitative estimate of drug-likeness (QED) is 0.790. The van der Waals surface area contributed by atoms with Crippen molar-refractivity contribution in [1.29, 1.82) is 0 Å². The summed E-state index contributed by atoms with van der Waals surface area (Å²) < 4.78 is 18.2. The minimum Gasteiger partial charge on any atom is -0.493 e. The molecule has 3 rings (SSSR count). The largest absolute Gasteiger partial charge is 0.493 e. The van der Waals surface area contributed by atoms with E-state index in [1.54, 1.807) is 14.2 Å². The third-order valence-electron chi connectivity index (χ3n) is 5.23. The summed E-state index contributed by atoms with van der Waals surface area (Å²) in [4.78, 5) is 12.9. The number of hydrogen-bond acceptors (Lipinski definition) is 6. The van der Waals surface area contributed by atoms with Crippen LogP contribution in [0.3, 0.4) is 0 Å². The van der Waals surface area contributed by atoms with Gasteiger partial charge in [-0.3, -0.25) is 4.68 Å². The van der Waals surface area contributed by atoms with Gasteiger partial charge >= 0.3 is 5.97 Å². The molecule has 2 aromatic rings. The van der Waals surface area contributed by atoms with Crippen molar-refractivity contribution in [1.82, 2.24) is 9.78 Å². The molecule has 1 aromatic carbocycles. The van der Waals surface area contributed by atoms with Crippen molar-refractivity contribution >= 4 is 11.8 Å². The Hall–Kier alpha value is -2.96. The van der Waals surface area contributed by atoms with Crippen molar-refractivity contribution in [3.8, 4) is 11.5 Å². The standard InChI is InChI=1S/C22H29N3O4/c1-12-15(21(26)29-8)16(13-10-9-11-14(27-6)18(13)28-7)17-19(22(2,3)4)24-25(5)20(17)23-12/h9-11,16,23H,1-8H3. The fourth-order valence-corrected chi connectivity index (χ4v) is 3.95. The molecule has 0 saturated heterocycles. The number of carbonyl (C=O) groups excluding carboxylic acids is 1. The van der Waals surface area contributed by atoms with Crippen LogP contribution in [0, 0.1) is 0 Å². The SMILES string of the molecule is COC(=O)C1=C(C)Nc2c(c(C(C)(C)C)nn2C)C1c1cccc(OC)c1OC. The molecule has 2 heterocycles. The summed E-state index contributed by atoms with van der Waals surface area (Å²) in [7, 11) is 6.50. The molecule has 1 unspecified atom stereocenters. The number of allylic oxidation sites excluding steroid dienone is 1. The number of hydrogen-bond donors (Lipinski definition) is 1. The molecular weight excluding hydrogens is 370 g/mol. The van der Waals surface area contributed by atoms with Gasteiger partial charge in [-0.15, -0.1) is 0 Å². The van der Waals surface area contributed by atoms with Gasteiger partial charge < -0.3 is 19.5 Å². The van der Waals surface area contributed by atoms with Gasteiger partial charge in [-0.25, -0.2) is 4.79 Å². The average Bonchev–Trinajstić information content (AvgIpc) is 3.02. The van der Waals surface area contributed by atoms with E-state index in [-0.39, 0.29) is 11.4 Å². The highest BCUT2D eigenvalue weighted by atomic mass is 16.5. The highest BCUT2D eigenvalue weighted by molar-refractivity contribution is 5.95. The normalized spacial score (nSPS) is 16.2.